The smallest absolute Gasteiger partial charge is 0.135 e. The van der Waals surface area contributed by atoms with Crippen molar-refractivity contribution in [1.82, 2.24) is 15.1 Å². The van der Waals surface area contributed by atoms with Crippen LogP contribution in [0.3, 0.4) is 0 Å². The Morgan fingerprint density at radius 2 is 2.27 bits per heavy atom. The fraction of sp³-hybridized carbons (Fsp3) is 0.364. The summed E-state index contributed by atoms with van der Waals surface area (Å²) in [5, 5.41) is 8.75. The van der Waals surface area contributed by atoms with Gasteiger partial charge in [-0.2, -0.15) is 5.10 Å². The van der Waals surface area contributed by atoms with Crippen LogP contribution in [0.1, 0.15) is 12.5 Å². The van der Waals surface area contributed by atoms with E-state index < -0.39 is 0 Å². The zero-order chi connectivity index (χ0) is 10.8. The number of rotatable bonds is 3. The molecule has 0 radical (unpaired) electrons. The minimum Gasteiger partial charge on any atom is -0.316 e. The molecule has 0 aliphatic carbocycles. The lowest BCUT2D eigenvalue weighted by Crippen LogP contribution is -2.05. The summed E-state index contributed by atoms with van der Waals surface area (Å²) in [4.78, 5) is 0. The van der Waals surface area contributed by atoms with Crippen LogP contribution < -0.4 is 5.32 Å². The van der Waals surface area contributed by atoms with Gasteiger partial charge in [0.05, 0.1) is 5.52 Å². The summed E-state index contributed by atoms with van der Waals surface area (Å²) < 4.78 is 2.94. The number of benzene rings is 1. The maximum atomic E-state index is 4.42. The molecular weight excluding hydrogens is 254 g/mol. The Morgan fingerprint density at radius 1 is 1.47 bits per heavy atom. The van der Waals surface area contributed by atoms with Gasteiger partial charge in [0.1, 0.15) is 4.60 Å². The predicted molar refractivity (Wildman–Crippen MR) is 65.9 cm³/mol. The Hall–Kier alpha value is -0.870. The lowest BCUT2D eigenvalue weighted by molar-refractivity contribution is 0.678. The molecule has 1 N–H and O–H groups in total. The number of nitrogens with zero attached hydrogens (tertiary/aromatic N) is 2. The van der Waals surface area contributed by atoms with Crippen molar-refractivity contribution >= 4 is 26.8 Å². The highest BCUT2D eigenvalue weighted by molar-refractivity contribution is 9.10. The maximum Gasteiger partial charge on any atom is 0.135 e. The van der Waals surface area contributed by atoms with Crippen molar-refractivity contribution in [3.63, 3.8) is 0 Å². The Morgan fingerprint density at radius 3 is 2.93 bits per heavy atom. The van der Waals surface area contributed by atoms with Crippen molar-refractivity contribution in [1.29, 1.82) is 0 Å². The van der Waals surface area contributed by atoms with Crippen LogP contribution >= 0.6 is 15.9 Å². The first-order valence-corrected chi connectivity index (χ1v) is 5.85. The van der Waals surface area contributed by atoms with Gasteiger partial charge in [0.25, 0.3) is 0 Å². The number of aryl methyl sites for hydroxylation is 1. The summed E-state index contributed by atoms with van der Waals surface area (Å²) in [6.07, 6.45) is 0. The van der Waals surface area contributed by atoms with Gasteiger partial charge in [0.15, 0.2) is 0 Å². The van der Waals surface area contributed by atoms with Crippen molar-refractivity contribution in [2.75, 3.05) is 7.05 Å². The quantitative estimate of drug-likeness (QED) is 0.927. The zero-order valence-corrected chi connectivity index (χ0v) is 10.5. The van der Waals surface area contributed by atoms with Gasteiger partial charge < -0.3 is 5.32 Å². The average Bonchev–Trinajstić information content (AvgIpc) is 2.56. The minimum absolute atomic E-state index is 0.891. The van der Waals surface area contributed by atoms with E-state index in [4.69, 9.17) is 0 Å². The van der Waals surface area contributed by atoms with Crippen molar-refractivity contribution in [3.8, 4) is 0 Å². The van der Waals surface area contributed by atoms with Gasteiger partial charge in [-0.1, -0.05) is 6.07 Å². The summed E-state index contributed by atoms with van der Waals surface area (Å²) in [6, 6.07) is 6.43. The molecule has 0 saturated carbocycles. The van der Waals surface area contributed by atoms with Crippen LogP contribution in [0.25, 0.3) is 10.9 Å². The van der Waals surface area contributed by atoms with E-state index in [-0.39, 0.29) is 0 Å². The van der Waals surface area contributed by atoms with Gasteiger partial charge >= 0.3 is 0 Å². The average molecular weight is 268 g/mol. The van der Waals surface area contributed by atoms with Gasteiger partial charge in [0, 0.05) is 18.5 Å². The summed E-state index contributed by atoms with van der Waals surface area (Å²) in [7, 11) is 1.96. The molecule has 80 valence electrons. The Balaban J connectivity index is 2.58. The van der Waals surface area contributed by atoms with E-state index in [0.717, 1.165) is 17.7 Å². The zero-order valence-electron chi connectivity index (χ0n) is 8.92. The summed E-state index contributed by atoms with van der Waals surface area (Å²) in [5.74, 6) is 0. The van der Waals surface area contributed by atoms with Gasteiger partial charge in [-0.05, 0) is 47.6 Å². The lowest BCUT2D eigenvalue weighted by atomic mass is 10.1. The summed E-state index contributed by atoms with van der Waals surface area (Å²) in [5.41, 5.74) is 2.48. The molecule has 0 saturated heterocycles. The predicted octanol–water partition coefficient (Wildman–Crippen LogP) is 2.54. The SMILES string of the molecule is CCn1nc(Br)c2ccc(CNC)cc21. The van der Waals surface area contributed by atoms with Gasteiger partial charge in [-0.15, -0.1) is 0 Å². The highest BCUT2D eigenvalue weighted by atomic mass is 79.9. The van der Waals surface area contributed by atoms with E-state index in [2.05, 4.69) is 51.5 Å². The maximum absolute atomic E-state index is 4.42. The molecule has 0 bridgehead atoms. The largest absolute Gasteiger partial charge is 0.316 e. The van der Waals surface area contributed by atoms with Crippen LogP contribution in [0.4, 0.5) is 0 Å². The minimum atomic E-state index is 0.891. The molecule has 0 fully saturated rings. The third kappa shape index (κ3) is 1.92. The van der Waals surface area contributed by atoms with E-state index >= 15 is 0 Å². The fourth-order valence-electron chi connectivity index (χ4n) is 1.73. The topological polar surface area (TPSA) is 29.9 Å². The molecule has 4 heteroatoms. The van der Waals surface area contributed by atoms with E-state index in [1.54, 1.807) is 0 Å². The molecule has 0 aliphatic rings. The highest BCUT2D eigenvalue weighted by Gasteiger charge is 2.07. The van der Waals surface area contributed by atoms with Crippen molar-refractivity contribution in [2.24, 2.45) is 0 Å². The van der Waals surface area contributed by atoms with E-state index in [0.29, 0.717) is 0 Å². The molecule has 1 aromatic heterocycles. The molecule has 0 spiro atoms. The molecule has 0 amide bonds. The highest BCUT2D eigenvalue weighted by Crippen LogP contribution is 2.24. The first-order chi connectivity index (χ1) is 7.26. The Kier molecular flexibility index (Phi) is 3.07. The van der Waals surface area contributed by atoms with Crippen LogP contribution in [0.15, 0.2) is 22.8 Å². The Labute approximate surface area is 97.6 Å². The third-order valence-corrected chi connectivity index (χ3v) is 3.04. The summed E-state index contributed by atoms with van der Waals surface area (Å²) >= 11 is 3.47. The molecule has 0 unspecified atom stereocenters. The number of fused-ring (bicyclic) bond motifs is 1. The van der Waals surface area contributed by atoms with Gasteiger partial charge in [-0.3, -0.25) is 4.68 Å². The summed E-state index contributed by atoms with van der Waals surface area (Å²) in [6.45, 7) is 3.89. The number of aromatic nitrogens is 2. The first-order valence-electron chi connectivity index (χ1n) is 5.05. The first kappa shape index (κ1) is 10.6. The molecule has 15 heavy (non-hydrogen) atoms. The van der Waals surface area contributed by atoms with Crippen molar-refractivity contribution in [3.05, 3.63) is 28.4 Å². The van der Waals surface area contributed by atoms with Gasteiger partial charge in [0.2, 0.25) is 0 Å². The standard InChI is InChI=1S/C11H14BrN3/c1-3-15-10-6-8(7-13-2)4-5-9(10)11(12)14-15/h4-6,13H,3,7H2,1-2H3. The molecule has 3 nitrogen and oxygen atoms in total. The van der Waals surface area contributed by atoms with Gasteiger partial charge in [-0.25, -0.2) is 0 Å². The van der Waals surface area contributed by atoms with Crippen LogP contribution in [-0.4, -0.2) is 16.8 Å². The number of halogens is 1. The molecule has 1 aromatic carbocycles. The lowest BCUT2D eigenvalue weighted by Gasteiger charge is -2.02. The molecular formula is C11H14BrN3. The van der Waals surface area contributed by atoms with Crippen molar-refractivity contribution < 1.29 is 0 Å². The van der Waals surface area contributed by atoms with E-state index in [9.17, 15) is 0 Å². The Bertz CT molecular complexity index is 476. The molecule has 0 aliphatic heterocycles. The second-order valence-corrected chi connectivity index (χ2v) is 4.24. The molecule has 0 atom stereocenters. The number of hydrogen-bond acceptors (Lipinski definition) is 2. The van der Waals surface area contributed by atoms with E-state index in [1.165, 1.54) is 16.5 Å². The number of nitrogens with one attached hydrogen (secondary N) is 1. The normalized spacial score (nSPS) is 11.1. The van der Waals surface area contributed by atoms with Crippen molar-refractivity contribution in [2.45, 2.75) is 20.0 Å². The van der Waals surface area contributed by atoms with Crippen LogP contribution in [0.2, 0.25) is 0 Å². The number of hydrogen-bond donors (Lipinski definition) is 1. The third-order valence-electron chi connectivity index (χ3n) is 2.45. The monoisotopic (exact) mass is 267 g/mol. The molecule has 2 rings (SSSR count). The van der Waals surface area contributed by atoms with E-state index in [1.807, 2.05) is 11.7 Å². The van der Waals surface area contributed by atoms with Crippen LogP contribution in [0.5, 0.6) is 0 Å². The van der Waals surface area contributed by atoms with Crippen LogP contribution in [-0.2, 0) is 13.1 Å². The molecule has 1 heterocycles. The fourth-order valence-corrected chi connectivity index (χ4v) is 2.26. The second-order valence-electron chi connectivity index (χ2n) is 3.49. The molecule has 2 aromatic rings. The second kappa shape index (κ2) is 4.33. The van der Waals surface area contributed by atoms with Crippen LogP contribution in [0, 0.1) is 0 Å².